The molecule has 0 spiro atoms. The van der Waals surface area contributed by atoms with Gasteiger partial charge in [0.05, 0.1) is 11.1 Å². The molecule has 22 heavy (non-hydrogen) atoms. The molecule has 0 unspecified atom stereocenters. The highest BCUT2D eigenvalue weighted by molar-refractivity contribution is 6.27. The summed E-state index contributed by atoms with van der Waals surface area (Å²) in [7, 11) is 0. The van der Waals surface area contributed by atoms with E-state index in [2.05, 4.69) is 0 Å². The Labute approximate surface area is 122 Å². The molecule has 4 N–H and O–H groups in total. The number of carboxylic acids is 4. The zero-order valence-corrected chi connectivity index (χ0v) is 10.9. The van der Waals surface area contributed by atoms with Gasteiger partial charge < -0.3 is 20.4 Å². The highest BCUT2D eigenvalue weighted by atomic mass is 16.4. The number of hydrogen-bond acceptors (Lipinski definition) is 4. The number of aliphatic carboxylic acids is 2. The van der Waals surface area contributed by atoms with E-state index in [1.165, 1.54) is 6.07 Å². The van der Waals surface area contributed by atoms with Crippen molar-refractivity contribution in [1.82, 2.24) is 0 Å². The molecular formula is C14H10O8. The Morgan fingerprint density at radius 3 is 1.68 bits per heavy atom. The highest BCUT2D eigenvalue weighted by Gasteiger charge is 2.18. The van der Waals surface area contributed by atoms with Gasteiger partial charge >= 0.3 is 23.9 Å². The maximum absolute atomic E-state index is 11.1. The smallest absolute Gasteiger partial charge is 0.414 e. The largest absolute Gasteiger partial charge is 0.478 e. The molecule has 8 heteroatoms. The number of hydrogen-bond donors (Lipinski definition) is 4. The molecular weight excluding hydrogens is 296 g/mol. The molecule has 0 aliphatic rings. The van der Waals surface area contributed by atoms with Crippen molar-refractivity contribution in [3.63, 3.8) is 0 Å². The Morgan fingerprint density at radius 2 is 1.23 bits per heavy atom. The number of benzene rings is 2. The Bertz CT molecular complexity index is 751. The molecule has 8 nitrogen and oxygen atoms in total. The molecule has 0 bridgehead atoms. The van der Waals surface area contributed by atoms with Crippen LogP contribution in [0.3, 0.4) is 0 Å². The standard InChI is InChI=1S/C12H8O4.C2H2O4/c13-11(14)9-6-5-7-3-1-2-4-8(7)10(9)12(15)16;3-1(4)2(5)6/h1-6H,(H,13,14)(H,15,16);(H,3,4)(H,5,6). The summed E-state index contributed by atoms with van der Waals surface area (Å²) in [5.74, 6) is -6.11. The lowest BCUT2D eigenvalue weighted by molar-refractivity contribution is -0.159. The van der Waals surface area contributed by atoms with Gasteiger partial charge in [0.1, 0.15) is 0 Å². The van der Waals surface area contributed by atoms with Crippen LogP contribution in [0.5, 0.6) is 0 Å². The van der Waals surface area contributed by atoms with E-state index >= 15 is 0 Å². The van der Waals surface area contributed by atoms with Crippen LogP contribution >= 0.6 is 0 Å². The van der Waals surface area contributed by atoms with Gasteiger partial charge in [-0.1, -0.05) is 30.3 Å². The topological polar surface area (TPSA) is 149 Å². The van der Waals surface area contributed by atoms with E-state index in [1.54, 1.807) is 30.3 Å². The second-order valence-electron chi connectivity index (χ2n) is 3.93. The second-order valence-corrected chi connectivity index (χ2v) is 3.93. The summed E-state index contributed by atoms with van der Waals surface area (Å²) < 4.78 is 0. The van der Waals surface area contributed by atoms with Crippen LogP contribution in [-0.4, -0.2) is 44.3 Å². The van der Waals surface area contributed by atoms with E-state index in [9.17, 15) is 9.59 Å². The third kappa shape index (κ3) is 3.79. The van der Waals surface area contributed by atoms with Gasteiger partial charge in [-0.15, -0.1) is 0 Å². The van der Waals surface area contributed by atoms with Crippen molar-refractivity contribution < 1.29 is 39.6 Å². The molecule has 0 heterocycles. The Kier molecular flexibility index (Phi) is 5.17. The predicted molar refractivity (Wildman–Crippen MR) is 73.1 cm³/mol. The van der Waals surface area contributed by atoms with Crippen molar-refractivity contribution in [1.29, 1.82) is 0 Å². The predicted octanol–water partition coefficient (Wildman–Crippen LogP) is 1.39. The Hall–Kier alpha value is -3.42. The number of carbonyl (C=O) groups is 4. The molecule has 0 radical (unpaired) electrons. The van der Waals surface area contributed by atoms with Crippen LogP contribution in [0.1, 0.15) is 20.7 Å². The lowest BCUT2D eigenvalue weighted by Gasteiger charge is -2.05. The summed E-state index contributed by atoms with van der Waals surface area (Å²) in [6.07, 6.45) is 0. The van der Waals surface area contributed by atoms with Gasteiger partial charge in [0.2, 0.25) is 0 Å². The molecule has 2 aromatic rings. The van der Waals surface area contributed by atoms with E-state index in [4.69, 9.17) is 30.0 Å². The quantitative estimate of drug-likeness (QED) is 0.608. The second kappa shape index (κ2) is 6.84. The molecule has 0 saturated carbocycles. The van der Waals surface area contributed by atoms with Crippen molar-refractivity contribution >= 4 is 34.6 Å². The fourth-order valence-corrected chi connectivity index (χ4v) is 1.68. The maximum Gasteiger partial charge on any atom is 0.414 e. The number of aromatic carboxylic acids is 2. The molecule has 114 valence electrons. The highest BCUT2D eigenvalue weighted by Crippen LogP contribution is 2.22. The Balaban J connectivity index is 0.000000346. The molecule has 0 aliphatic carbocycles. The van der Waals surface area contributed by atoms with Crippen LogP contribution in [0.2, 0.25) is 0 Å². The van der Waals surface area contributed by atoms with Gasteiger partial charge in [0.25, 0.3) is 0 Å². The zero-order valence-electron chi connectivity index (χ0n) is 10.9. The fourth-order valence-electron chi connectivity index (χ4n) is 1.68. The van der Waals surface area contributed by atoms with Crippen molar-refractivity contribution in [2.75, 3.05) is 0 Å². The van der Waals surface area contributed by atoms with Gasteiger partial charge in [-0.05, 0) is 16.8 Å². The van der Waals surface area contributed by atoms with E-state index in [0.717, 1.165) is 0 Å². The van der Waals surface area contributed by atoms with Crippen LogP contribution in [0.15, 0.2) is 36.4 Å². The summed E-state index contributed by atoms with van der Waals surface area (Å²) in [6, 6.07) is 9.72. The minimum atomic E-state index is -1.82. The first kappa shape index (κ1) is 16.6. The molecule has 0 aromatic heterocycles. The van der Waals surface area contributed by atoms with E-state index in [1.807, 2.05) is 0 Å². The Morgan fingerprint density at radius 1 is 0.682 bits per heavy atom. The zero-order chi connectivity index (χ0) is 16.9. The first-order valence-electron chi connectivity index (χ1n) is 5.70. The van der Waals surface area contributed by atoms with E-state index in [0.29, 0.717) is 10.8 Å². The average molecular weight is 306 g/mol. The van der Waals surface area contributed by atoms with Gasteiger partial charge in [0, 0.05) is 0 Å². The molecule has 0 atom stereocenters. The summed E-state index contributed by atoms with van der Waals surface area (Å²) in [5.41, 5.74) is -0.350. The van der Waals surface area contributed by atoms with Crippen LogP contribution in [0.4, 0.5) is 0 Å². The van der Waals surface area contributed by atoms with Crippen LogP contribution in [0.25, 0.3) is 10.8 Å². The molecule has 2 aromatic carbocycles. The van der Waals surface area contributed by atoms with Gasteiger partial charge in [-0.2, -0.15) is 0 Å². The molecule has 0 fully saturated rings. The van der Waals surface area contributed by atoms with Gasteiger partial charge in [-0.3, -0.25) is 0 Å². The third-order valence-corrected chi connectivity index (χ3v) is 2.56. The summed E-state index contributed by atoms with van der Waals surface area (Å²) >= 11 is 0. The van der Waals surface area contributed by atoms with Crippen molar-refractivity contribution in [3.05, 3.63) is 47.5 Å². The minimum absolute atomic E-state index is 0.161. The van der Waals surface area contributed by atoms with Gasteiger partial charge in [0.15, 0.2) is 0 Å². The molecule has 0 amide bonds. The summed E-state index contributed by atoms with van der Waals surface area (Å²) in [5, 5.41) is 33.9. The fraction of sp³-hybridized carbons (Fsp3) is 0. The van der Waals surface area contributed by atoms with Crippen LogP contribution < -0.4 is 0 Å². The van der Waals surface area contributed by atoms with Crippen molar-refractivity contribution in [2.24, 2.45) is 0 Å². The lowest BCUT2D eigenvalue weighted by Crippen LogP contribution is -2.09. The number of fused-ring (bicyclic) bond motifs is 1. The summed E-state index contributed by atoms with van der Waals surface area (Å²) in [6.45, 7) is 0. The van der Waals surface area contributed by atoms with Crippen LogP contribution in [-0.2, 0) is 9.59 Å². The average Bonchev–Trinajstić information content (AvgIpc) is 2.46. The van der Waals surface area contributed by atoms with E-state index < -0.39 is 23.9 Å². The van der Waals surface area contributed by atoms with Crippen molar-refractivity contribution in [3.8, 4) is 0 Å². The number of rotatable bonds is 2. The summed E-state index contributed by atoms with van der Waals surface area (Å²) in [4.78, 5) is 40.2. The van der Waals surface area contributed by atoms with Crippen LogP contribution in [0, 0.1) is 0 Å². The van der Waals surface area contributed by atoms with E-state index in [-0.39, 0.29) is 11.1 Å². The molecule has 0 saturated heterocycles. The van der Waals surface area contributed by atoms with Gasteiger partial charge in [-0.25, -0.2) is 19.2 Å². The van der Waals surface area contributed by atoms with Crippen molar-refractivity contribution in [2.45, 2.75) is 0 Å². The monoisotopic (exact) mass is 306 g/mol. The number of carboxylic acid groups (broad SMARTS) is 4. The first-order chi connectivity index (χ1) is 10.3. The third-order valence-electron chi connectivity index (χ3n) is 2.56. The lowest BCUT2D eigenvalue weighted by atomic mass is 9.99. The normalized spacial score (nSPS) is 9.45. The minimum Gasteiger partial charge on any atom is -0.478 e. The molecule has 2 rings (SSSR count). The first-order valence-corrected chi connectivity index (χ1v) is 5.70. The molecule has 0 aliphatic heterocycles. The maximum atomic E-state index is 11.1. The SMILES string of the molecule is O=C(O)C(=O)O.O=C(O)c1ccc2ccccc2c1C(=O)O.